The lowest BCUT2D eigenvalue weighted by Gasteiger charge is -2.20. The molecule has 1 atom stereocenters. The van der Waals surface area contributed by atoms with E-state index >= 15 is 0 Å². The first kappa shape index (κ1) is 9.96. The van der Waals surface area contributed by atoms with E-state index in [0.29, 0.717) is 17.2 Å². The standard InChI is InChI=1S/C10H15NO2/c1-5(2)7(4)11-8-6(3)9(12)10(8)13/h5,7,11H,1-4H3/t7-/m0/s1. The van der Waals surface area contributed by atoms with Gasteiger partial charge in [-0.3, -0.25) is 9.59 Å². The smallest absolute Gasteiger partial charge is 0.249 e. The first-order chi connectivity index (χ1) is 5.95. The molecule has 0 heterocycles. The molecule has 3 nitrogen and oxygen atoms in total. The number of hydrogen-bond acceptors (Lipinski definition) is 3. The van der Waals surface area contributed by atoms with Gasteiger partial charge in [-0.25, -0.2) is 0 Å². The summed E-state index contributed by atoms with van der Waals surface area (Å²) in [6.45, 7) is 7.82. The monoisotopic (exact) mass is 181 g/mol. The van der Waals surface area contributed by atoms with Crippen LogP contribution in [0.2, 0.25) is 0 Å². The lowest BCUT2D eigenvalue weighted by molar-refractivity contribution is 0.558. The fourth-order valence-electron chi connectivity index (χ4n) is 1.07. The number of hydrogen-bond donors (Lipinski definition) is 1. The highest BCUT2D eigenvalue weighted by atomic mass is 16.2. The minimum absolute atomic E-state index is 0.224. The van der Waals surface area contributed by atoms with E-state index in [9.17, 15) is 9.59 Å². The maximum atomic E-state index is 11.1. The molecule has 1 N–H and O–H groups in total. The highest BCUT2D eigenvalue weighted by molar-refractivity contribution is 5.56. The first-order valence-electron chi connectivity index (χ1n) is 4.51. The van der Waals surface area contributed by atoms with Crippen molar-refractivity contribution in [2.75, 3.05) is 5.32 Å². The maximum Gasteiger partial charge on any atom is 0.249 e. The first-order valence-corrected chi connectivity index (χ1v) is 4.51. The van der Waals surface area contributed by atoms with Gasteiger partial charge in [-0.2, -0.15) is 0 Å². The van der Waals surface area contributed by atoms with E-state index in [0.717, 1.165) is 0 Å². The summed E-state index contributed by atoms with van der Waals surface area (Å²) < 4.78 is 0. The molecular formula is C10H15NO2. The molecule has 1 rings (SSSR count). The van der Waals surface area contributed by atoms with Crippen LogP contribution in [0.4, 0.5) is 5.69 Å². The molecular weight excluding hydrogens is 166 g/mol. The van der Waals surface area contributed by atoms with Crippen molar-refractivity contribution in [2.24, 2.45) is 5.92 Å². The molecule has 1 aromatic carbocycles. The molecule has 0 spiro atoms. The average Bonchev–Trinajstić information content (AvgIpc) is 2.11. The molecule has 3 heteroatoms. The topological polar surface area (TPSA) is 46.2 Å². The molecule has 0 aromatic heterocycles. The summed E-state index contributed by atoms with van der Waals surface area (Å²) in [5.74, 6) is 0.448. The zero-order valence-corrected chi connectivity index (χ0v) is 8.47. The Balaban J connectivity index is 2.78. The summed E-state index contributed by atoms with van der Waals surface area (Å²) in [7, 11) is 0. The summed E-state index contributed by atoms with van der Waals surface area (Å²) in [6, 6.07) is 0.224. The van der Waals surface area contributed by atoms with Gasteiger partial charge in [-0.05, 0) is 19.8 Å². The van der Waals surface area contributed by atoms with Crippen LogP contribution in [-0.4, -0.2) is 6.04 Å². The van der Waals surface area contributed by atoms with Gasteiger partial charge in [-0.15, -0.1) is 0 Å². The summed E-state index contributed by atoms with van der Waals surface area (Å²) in [5.41, 5.74) is 0.354. The second-order valence-corrected chi connectivity index (χ2v) is 3.84. The van der Waals surface area contributed by atoms with Crippen LogP contribution in [0.3, 0.4) is 0 Å². The lowest BCUT2D eigenvalue weighted by atomic mass is 10.0. The molecule has 0 aliphatic rings. The Morgan fingerprint density at radius 1 is 1.08 bits per heavy atom. The number of rotatable bonds is 3. The molecule has 0 saturated carbocycles. The zero-order chi connectivity index (χ0) is 10.2. The van der Waals surface area contributed by atoms with Crippen molar-refractivity contribution in [1.29, 1.82) is 0 Å². The van der Waals surface area contributed by atoms with Crippen LogP contribution in [0, 0.1) is 12.8 Å². The molecule has 13 heavy (non-hydrogen) atoms. The van der Waals surface area contributed by atoms with E-state index in [4.69, 9.17) is 0 Å². The summed E-state index contributed by atoms with van der Waals surface area (Å²) in [4.78, 5) is 21.9. The molecule has 1 aromatic rings. The SMILES string of the molecule is Cc1c(N[C@@H](C)C(C)C)c(=O)c1=O. The van der Waals surface area contributed by atoms with Crippen LogP contribution in [0.15, 0.2) is 9.59 Å². The minimum Gasteiger partial charge on any atom is -0.379 e. The van der Waals surface area contributed by atoms with Crippen LogP contribution < -0.4 is 16.2 Å². The van der Waals surface area contributed by atoms with Crippen molar-refractivity contribution in [1.82, 2.24) is 0 Å². The highest BCUT2D eigenvalue weighted by Gasteiger charge is 2.18. The lowest BCUT2D eigenvalue weighted by Crippen LogP contribution is -2.39. The molecule has 0 aliphatic carbocycles. The summed E-state index contributed by atoms with van der Waals surface area (Å²) in [5, 5.41) is 3.05. The molecule has 0 saturated heterocycles. The molecule has 72 valence electrons. The van der Waals surface area contributed by atoms with Crippen LogP contribution in [-0.2, 0) is 0 Å². The van der Waals surface area contributed by atoms with E-state index in [2.05, 4.69) is 19.2 Å². The third kappa shape index (κ3) is 1.64. The summed E-state index contributed by atoms with van der Waals surface area (Å²) >= 11 is 0. The van der Waals surface area contributed by atoms with Gasteiger partial charge < -0.3 is 5.32 Å². The Bertz CT molecular complexity index is 372. The second kappa shape index (κ2) is 3.32. The van der Waals surface area contributed by atoms with Gasteiger partial charge in [0.2, 0.25) is 10.9 Å². The molecule has 0 fully saturated rings. The fraction of sp³-hybridized carbons (Fsp3) is 0.600. The molecule has 0 amide bonds. The minimum atomic E-state index is -0.370. The van der Waals surface area contributed by atoms with E-state index in [-0.39, 0.29) is 16.9 Å². The average molecular weight is 181 g/mol. The van der Waals surface area contributed by atoms with Crippen LogP contribution in [0.1, 0.15) is 26.3 Å². The number of nitrogens with one attached hydrogen (secondary N) is 1. The van der Waals surface area contributed by atoms with E-state index in [1.807, 2.05) is 6.92 Å². The Hall–Kier alpha value is -1.12. The third-order valence-electron chi connectivity index (χ3n) is 2.52. The largest absolute Gasteiger partial charge is 0.379 e. The zero-order valence-electron chi connectivity index (χ0n) is 8.47. The van der Waals surface area contributed by atoms with Crippen LogP contribution in [0.25, 0.3) is 0 Å². The van der Waals surface area contributed by atoms with Gasteiger partial charge in [0, 0.05) is 11.6 Å². The Labute approximate surface area is 77.5 Å². The van der Waals surface area contributed by atoms with Crippen molar-refractivity contribution in [3.8, 4) is 0 Å². The Morgan fingerprint density at radius 2 is 1.62 bits per heavy atom. The van der Waals surface area contributed by atoms with Crippen molar-refractivity contribution >= 4 is 5.69 Å². The second-order valence-electron chi connectivity index (χ2n) is 3.84. The fourth-order valence-corrected chi connectivity index (χ4v) is 1.07. The van der Waals surface area contributed by atoms with E-state index in [1.54, 1.807) is 6.92 Å². The van der Waals surface area contributed by atoms with E-state index < -0.39 is 0 Å². The molecule has 0 aliphatic heterocycles. The van der Waals surface area contributed by atoms with Crippen molar-refractivity contribution in [2.45, 2.75) is 33.7 Å². The Morgan fingerprint density at radius 3 is 2.00 bits per heavy atom. The Kier molecular flexibility index (Phi) is 2.55. The quantitative estimate of drug-likeness (QED) is 0.709. The van der Waals surface area contributed by atoms with Crippen LogP contribution >= 0.6 is 0 Å². The summed E-state index contributed by atoms with van der Waals surface area (Å²) in [6.07, 6.45) is 0. The van der Waals surface area contributed by atoms with Gasteiger partial charge in [0.1, 0.15) is 0 Å². The van der Waals surface area contributed by atoms with Crippen LogP contribution in [0.5, 0.6) is 0 Å². The number of anilines is 1. The predicted octanol–water partition coefficient (Wildman–Crippen LogP) is 1.05. The van der Waals surface area contributed by atoms with Crippen molar-refractivity contribution in [3.05, 3.63) is 26.0 Å². The molecule has 0 bridgehead atoms. The van der Waals surface area contributed by atoms with E-state index in [1.165, 1.54) is 0 Å². The predicted molar refractivity (Wildman–Crippen MR) is 54.0 cm³/mol. The van der Waals surface area contributed by atoms with Gasteiger partial charge in [0.05, 0.1) is 5.69 Å². The van der Waals surface area contributed by atoms with Gasteiger partial charge in [-0.1, -0.05) is 13.8 Å². The normalized spacial score (nSPS) is 13.6. The highest BCUT2D eigenvalue weighted by Crippen LogP contribution is 2.11. The van der Waals surface area contributed by atoms with Gasteiger partial charge in [0.25, 0.3) is 0 Å². The maximum absolute atomic E-state index is 11.1. The third-order valence-corrected chi connectivity index (χ3v) is 2.52. The molecule has 0 unspecified atom stereocenters. The van der Waals surface area contributed by atoms with Gasteiger partial charge in [0.15, 0.2) is 0 Å². The molecule has 0 radical (unpaired) electrons. The van der Waals surface area contributed by atoms with Crippen molar-refractivity contribution < 1.29 is 0 Å². The van der Waals surface area contributed by atoms with Gasteiger partial charge >= 0.3 is 0 Å². The van der Waals surface area contributed by atoms with Crippen molar-refractivity contribution in [3.63, 3.8) is 0 Å².